The molecule has 4 rings (SSSR count). The van der Waals surface area contributed by atoms with Crippen LogP contribution in [0.1, 0.15) is 23.6 Å². The Kier molecular flexibility index (Phi) is 15.4. The largest absolute Gasteiger partial charge is 4.00 e. The number of hydrogen-bond acceptors (Lipinski definition) is 1. The van der Waals surface area contributed by atoms with Crippen molar-refractivity contribution in [2.45, 2.75) is 19.8 Å². The molecule has 0 aliphatic heterocycles. The predicted molar refractivity (Wildman–Crippen MR) is 103 cm³/mol. The molecular formula is C23H24Cl2OZr. The molecule has 140 valence electrons. The van der Waals surface area contributed by atoms with Gasteiger partial charge in [0.05, 0.1) is 7.11 Å². The first-order valence-electron chi connectivity index (χ1n) is 8.20. The molecule has 3 aromatic carbocycles. The predicted octanol–water partition coefficient (Wildman–Crippen LogP) is -0.158. The van der Waals surface area contributed by atoms with Crippen LogP contribution in [-0.2, 0) is 39.0 Å². The zero-order chi connectivity index (χ0) is 17.4. The van der Waals surface area contributed by atoms with Crippen molar-refractivity contribution in [3.05, 3.63) is 96.6 Å². The molecule has 0 heterocycles. The number of benzene rings is 2. The molecule has 1 nitrogen and oxygen atoms in total. The van der Waals surface area contributed by atoms with Gasteiger partial charge < -0.3 is 29.6 Å². The van der Waals surface area contributed by atoms with Gasteiger partial charge in [-0.1, -0.05) is 48.7 Å². The molecule has 4 heteroatoms. The zero-order valence-electron chi connectivity index (χ0n) is 15.8. The molecule has 0 saturated heterocycles. The molecule has 1 aliphatic rings. The van der Waals surface area contributed by atoms with Crippen LogP contribution in [-0.4, -0.2) is 7.11 Å². The number of ether oxygens (including phenoxy) is 1. The van der Waals surface area contributed by atoms with Gasteiger partial charge in [0.1, 0.15) is 0 Å². The van der Waals surface area contributed by atoms with Gasteiger partial charge in [0.15, 0.2) is 0 Å². The summed E-state index contributed by atoms with van der Waals surface area (Å²) in [5.41, 5.74) is 6.56. The first-order valence-corrected chi connectivity index (χ1v) is 8.20. The van der Waals surface area contributed by atoms with E-state index in [9.17, 15) is 0 Å². The second-order valence-corrected chi connectivity index (χ2v) is 5.38. The molecule has 0 saturated carbocycles. The van der Waals surface area contributed by atoms with Crippen LogP contribution in [0.3, 0.4) is 0 Å². The van der Waals surface area contributed by atoms with E-state index in [1.54, 1.807) is 7.11 Å². The second-order valence-electron chi connectivity index (χ2n) is 5.38. The number of methoxy groups -OCH3 is 1. The van der Waals surface area contributed by atoms with E-state index in [1.807, 2.05) is 12.1 Å². The van der Waals surface area contributed by atoms with Crippen LogP contribution in [0.2, 0.25) is 0 Å². The van der Waals surface area contributed by atoms with Gasteiger partial charge in [0, 0.05) is 5.75 Å². The molecule has 1 aliphatic carbocycles. The van der Waals surface area contributed by atoms with Crippen molar-refractivity contribution >= 4 is 0 Å². The van der Waals surface area contributed by atoms with Gasteiger partial charge >= 0.3 is 26.2 Å². The summed E-state index contributed by atoms with van der Waals surface area (Å²) in [5, 5.41) is 0. The quantitative estimate of drug-likeness (QED) is 0.288. The Hall–Kier alpha value is -1.21. The third-order valence-electron chi connectivity index (χ3n) is 4.05. The fourth-order valence-corrected chi connectivity index (χ4v) is 2.89. The average Bonchev–Trinajstić information content (AvgIpc) is 3.31. The molecule has 0 radical (unpaired) electrons. The molecule has 0 aromatic heterocycles. The summed E-state index contributed by atoms with van der Waals surface area (Å²) in [5.74, 6) is 0.952. The van der Waals surface area contributed by atoms with Gasteiger partial charge in [0.25, 0.3) is 0 Å². The van der Waals surface area contributed by atoms with E-state index in [2.05, 4.69) is 74.7 Å². The Labute approximate surface area is 195 Å². The smallest absolute Gasteiger partial charge is 1.00 e. The van der Waals surface area contributed by atoms with Crippen molar-refractivity contribution in [1.29, 1.82) is 0 Å². The number of fused-ring (bicyclic) bond motifs is 3. The summed E-state index contributed by atoms with van der Waals surface area (Å²) in [6, 6.07) is 24.1. The van der Waals surface area contributed by atoms with E-state index < -0.39 is 0 Å². The maximum atomic E-state index is 5.39. The van der Waals surface area contributed by atoms with Crippen LogP contribution in [0.4, 0.5) is 0 Å². The van der Waals surface area contributed by atoms with E-state index in [-0.39, 0.29) is 51.0 Å². The Morgan fingerprint density at radius 1 is 1.04 bits per heavy atom. The maximum absolute atomic E-state index is 5.39. The molecule has 0 unspecified atom stereocenters. The maximum Gasteiger partial charge on any atom is 4.00 e. The van der Waals surface area contributed by atoms with E-state index in [4.69, 9.17) is 4.74 Å². The molecule has 0 atom stereocenters. The van der Waals surface area contributed by atoms with Crippen LogP contribution < -0.4 is 29.6 Å². The Bertz CT molecular complexity index is 770. The van der Waals surface area contributed by atoms with Gasteiger partial charge in [-0.05, 0) is 12.0 Å². The third-order valence-corrected chi connectivity index (χ3v) is 4.05. The minimum absolute atomic E-state index is 0. The number of halogens is 2. The normalized spacial score (nSPS) is 9.26. The minimum Gasteiger partial charge on any atom is -1.00 e. The molecule has 0 bridgehead atoms. The minimum atomic E-state index is 0. The summed E-state index contributed by atoms with van der Waals surface area (Å²) < 4.78 is 5.39. The molecular weight excluding hydrogens is 454 g/mol. The molecule has 0 N–H and O–H groups in total. The van der Waals surface area contributed by atoms with Crippen LogP contribution in [0.5, 0.6) is 5.75 Å². The molecule has 27 heavy (non-hydrogen) atoms. The van der Waals surface area contributed by atoms with Gasteiger partial charge in [-0.2, -0.15) is 29.8 Å². The Balaban J connectivity index is 0. The Morgan fingerprint density at radius 3 is 2.22 bits per heavy atom. The van der Waals surface area contributed by atoms with Crippen molar-refractivity contribution < 1.29 is 55.8 Å². The first kappa shape index (κ1) is 28.0. The molecule has 3 aromatic rings. The van der Waals surface area contributed by atoms with Crippen LogP contribution in [0.15, 0.2) is 73.8 Å². The van der Waals surface area contributed by atoms with E-state index in [0.29, 0.717) is 0 Å². The summed E-state index contributed by atoms with van der Waals surface area (Å²) in [6.07, 6.45) is 2.13. The average molecular weight is 479 g/mol. The van der Waals surface area contributed by atoms with Gasteiger partial charge in [-0.3, -0.25) is 0 Å². The third kappa shape index (κ3) is 7.03. The molecule has 0 spiro atoms. The Morgan fingerprint density at radius 2 is 1.67 bits per heavy atom. The van der Waals surface area contributed by atoms with Crippen molar-refractivity contribution in [2.75, 3.05) is 7.11 Å². The SMILES string of the molecule is C=C.CC[c-]1cccc1.COc1cc[c-]c2c1-c1ccccc1C2.[Cl-].[Cl-].[Zr+4]. The second kappa shape index (κ2) is 14.8. The monoisotopic (exact) mass is 476 g/mol. The van der Waals surface area contributed by atoms with E-state index in [1.165, 1.54) is 27.8 Å². The number of rotatable bonds is 2. The first-order chi connectivity index (χ1) is 11.8. The van der Waals surface area contributed by atoms with E-state index >= 15 is 0 Å². The van der Waals surface area contributed by atoms with Crippen LogP contribution in [0, 0.1) is 6.07 Å². The van der Waals surface area contributed by atoms with Crippen molar-refractivity contribution in [3.63, 3.8) is 0 Å². The van der Waals surface area contributed by atoms with Crippen molar-refractivity contribution in [3.8, 4) is 16.9 Å². The summed E-state index contributed by atoms with van der Waals surface area (Å²) in [4.78, 5) is 0. The van der Waals surface area contributed by atoms with Gasteiger partial charge in [-0.15, -0.1) is 24.8 Å². The zero-order valence-corrected chi connectivity index (χ0v) is 19.7. The van der Waals surface area contributed by atoms with Crippen LogP contribution >= 0.6 is 0 Å². The fraction of sp³-hybridized carbons (Fsp3) is 0.174. The summed E-state index contributed by atoms with van der Waals surface area (Å²) in [7, 11) is 1.72. The van der Waals surface area contributed by atoms with Crippen molar-refractivity contribution in [2.24, 2.45) is 0 Å². The van der Waals surface area contributed by atoms with Gasteiger partial charge in [-0.25, -0.2) is 12.1 Å². The number of hydrogen-bond donors (Lipinski definition) is 0. The molecule has 0 amide bonds. The van der Waals surface area contributed by atoms with Crippen LogP contribution in [0.25, 0.3) is 11.1 Å². The van der Waals surface area contributed by atoms with Crippen molar-refractivity contribution in [1.82, 2.24) is 0 Å². The standard InChI is InChI=1S/C14H11O.C7H9.C2H4.2ClH.Zr/c1-15-13-8-4-6-11-9-10-5-2-3-7-12(10)14(11)13;1-2-7-5-3-4-6-7;1-2;;;/h2-5,7-8H,9H2,1H3;3-6H,2H2,1H3;1-2H2;2*1H;/q2*-1;;;;+4/p-2. The topological polar surface area (TPSA) is 9.23 Å². The number of aryl methyl sites for hydroxylation is 1. The summed E-state index contributed by atoms with van der Waals surface area (Å²) in [6.45, 7) is 8.16. The summed E-state index contributed by atoms with van der Waals surface area (Å²) >= 11 is 0. The van der Waals surface area contributed by atoms with E-state index in [0.717, 1.165) is 18.6 Å². The fourth-order valence-electron chi connectivity index (χ4n) is 2.89. The van der Waals surface area contributed by atoms with Gasteiger partial charge in [0.2, 0.25) is 0 Å². The molecule has 0 fully saturated rings.